The minimum absolute atomic E-state index is 0.551. The molecule has 0 saturated carbocycles. The van der Waals surface area contributed by atoms with Crippen molar-refractivity contribution in [2.45, 2.75) is 18.9 Å². The van der Waals surface area contributed by atoms with Crippen LogP contribution in [-0.2, 0) is 6.42 Å². The zero-order valence-electron chi connectivity index (χ0n) is 11.1. The second-order valence-corrected chi connectivity index (χ2v) is 5.07. The monoisotopic (exact) mass is 278 g/mol. The number of aliphatic hydroxyl groups is 1. The normalized spacial score (nSPS) is 12.2. The second-order valence-electron chi connectivity index (χ2n) is 4.29. The van der Waals surface area contributed by atoms with E-state index in [1.807, 2.05) is 23.6 Å². The Morgan fingerprint density at radius 3 is 2.68 bits per heavy atom. The quantitative estimate of drug-likeness (QED) is 0.879. The average molecular weight is 278 g/mol. The van der Waals surface area contributed by atoms with Gasteiger partial charge in [0, 0.05) is 5.56 Å². The van der Waals surface area contributed by atoms with Gasteiger partial charge >= 0.3 is 0 Å². The number of aliphatic hydroxyl groups excluding tert-OH is 1. The molecule has 0 fully saturated rings. The smallest absolute Gasteiger partial charge is 0.124 e. The number of hydrogen-bond donors (Lipinski definition) is 1. The Bertz CT molecular complexity index is 508. The molecule has 1 N–H and O–H groups in total. The summed E-state index contributed by atoms with van der Waals surface area (Å²) in [6.07, 6.45) is 0.968. The molecule has 0 radical (unpaired) electrons. The van der Waals surface area contributed by atoms with E-state index in [0.717, 1.165) is 17.7 Å². The molecule has 102 valence electrons. The Morgan fingerprint density at radius 2 is 2.05 bits per heavy atom. The highest BCUT2D eigenvalue weighted by atomic mass is 32.1. The molecular formula is C15H18O3S. The average Bonchev–Trinajstić information content (AvgIpc) is 2.97. The molecule has 0 aliphatic carbocycles. The fourth-order valence-corrected chi connectivity index (χ4v) is 2.70. The summed E-state index contributed by atoms with van der Waals surface area (Å²) in [4.78, 5) is 0. The van der Waals surface area contributed by atoms with Gasteiger partial charge in [0.2, 0.25) is 0 Å². The molecular weight excluding hydrogens is 260 g/mol. The Hall–Kier alpha value is -1.52. The highest BCUT2D eigenvalue weighted by Crippen LogP contribution is 2.31. The number of rotatable bonds is 6. The Kier molecular flexibility index (Phi) is 4.82. The van der Waals surface area contributed by atoms with Crippen molar-refractivity contribution in [2.75, 3.05) is 14.2 Å². The molecule has 1 heterocycles. The number of benzene rings is 1. The van der Waals surface area contributed by atoms with Gasteiger partial charge < -0.3 is 14.6 Å². The molecule has 0 amide bonds. The summed E-state index contributed by atoms with van der Waals surface area (Å²) in [6, 6.07) is 7.56. The minimum atomic E-state index is -0.551. The molecule has 19 heavy (non-hydrogen) atoms. The topological polar surface area (TPSA) is 38.7 Å². The predicted octanol–water partition coefficient (Wildman–Crippen LogP) is 3.43. The van der Waals surface area contributed by atoms with Crippen LogP contribution >= 0.6 is 11.3 Å². The van der Waals surface area contributed by atoms with Crippen molar-refractivity contribution >= 4 is 11.3 Å². The summed E-state index contributed by atoms with van der Waals surface area (Å²) in [5.41, 5.74) is 2.03. The molecule has 0 bridgehead atoms. The molecule has 0 aliphatic heterocycles. The second kappa shape index (κ2) is 6.59. The number of hydrogen-bond acceptors (Lipinski definition) is 4. The number of methoxy groups -OCH3 is 2. The molecule has 0 aliphatic rings. The van der Waals surface area contributed by atoms with Gasteiger partial charge in [-0.1, -0.05) is 0 Å². The van der Waals surface area contributed by atoms with Crippen LogP contribution < -0.4 is 9.47 Å². The van der Waals surface area contributed by atoms with Gasteiger partial charge in [0.15, 0.2) is 0 Å². The number of aryl methyl sites for hydroxylation is 1. The molecule has 2 rings (SSSR count). The molecule has 1 atom stereocenters. The van der Waals surface area contributed by atoms with Crippen LogP contribution in [0.3, 0.4) is 0 Å². The van der Waals surface area contributed by atoms with Crippen molar-refractivity contribution in [2.24, 2.45) is 0 Å². The fraction of sp³-hybridized carbons (Fsp3) is 0.333. The highest BCUT2D eigenvalue weighted by Gasteiger charge is 2.14. The van der Waals surface area contributed by atoms with Crippen molar-refractivity contribution in [1.29, 1.82) is 0 Å². The van der Waals surface area contributed by atoms with E-state index < -0.39 is 6.10 Å². The van der Waals surface area contributed by atoms with Crippen molar-refractivity contribution in [1.82, 2.24) is 0 Å². The zero-order chi connectivity index (χ0) is 13.7. The largest absolute Gasteiger partial charge is 0.497 e. The lowest BCUT2D eigenvalue weighted by Crippen LogP contribution is -2.02. The van der Waals surface area contributed by atoms with Crippen LogP contribution in [-0.4, -0.2) is 19.3 Å². The summed E-state index contributed by atoms with van der Waals surface area (Å²) in [5, 5.41) is 14.5. The van der Waals surface area contributed by atoms with Crippen LogP contribution in [0.4, 0.5) is 0 Å². The maximum atomic E-state index is 10.3. The third-order valence-electron chi connectivity index (χ3n) is 3.08. The summed E-state index contributed by atoms with van der Waals surface area (Å²) in [6.45, 7) is 0. The molecule has 1 aromatic heterocycles. The lowest BCUT2D eigenvalue weighted by atomic mass is 10.0. The van der Waals surface area contributed by atoms with Gasteiger partial charge in [-0.05, 0) is 53.4 Å². The van der Waals surface area contributed by atoms with Crippen LogP contribution in [0.25, 0.3) is 0 Å². The van der Waals surface area contributed by atoms with Gasteiger partial charge in [0.05, 0.1) is 20.3 Å². The van der Waals surface area contributed by atoms with E-state index in [1.54, 1.807) is 25.6 Å². The maximum Gasteiger partial charge on any atom is 0.124 e. The van der Waals surface area contributed by atoms with Crippen molar-refractivity contribution < 1.29 is 14.6 Å². The first-order valence-electron chi connectivity index (χ1n) is 6.15. The number of ether oxygens (including phenoxy) is 2. The minimum Gasteiger partial charge on any atom is -0.497 e. The van der Waals surface area contributed by atoms with E-state index >= 15 is 0 Å². The van der Waals surface area contributed by atoms with Crippen LogP contribution in [0.15, 0.2) is 35.0 Å². The van der Waals surface area contributed by atoms with E-state index in [0.29, 0.717) is 12.2 Å². The van der Waals surface area contributed by atoms with Crippen molar-refractivity contribution in [3.05, 3.63) is 46.2 Å². The molecule has 1 unspecified atom stereocenters. The van der Waals surface area contributed by atoms with Crippen molar-refractivity contribution in [3.8, 4) is 11.5 Å². The summed E-state index contributed by atoms with van der Waals surface area (Å²) >= 11 is 1.67. The third-order valence-corrected chi connectivity index (χ3v) is 3.81. The maximum absolute atomic E-state index is 10.3. The standard InChI is InChI=1S/C15H18O3S/c1-17-12-4-6-15(18-2)13(9-12)14(16)5-3-11-7-8-19-10-11/h4,6-10,14,16H,3,5H2,1-2H3. The van der Waals surface area contributed by atoms with Gasteiger partial charge in [-0.3, -0.25) is 0 Å². The molecule has 2 aromatic rings. The van der Waals surface area contributed by atoms with Gasteiger partial charge in [-0.15, -0.1) is 0 Å². The van der Waals surface area contributed by atoms with E-state index in [1.165, 1.54) is 5.56 Å². The van der Waals surface area contributed by atoms with E-state index in [4.69, 9.17) is 9.47 Å². The predicted molar refractivity (Wildman–Crippen MR) is 77.1 cm³/mol. The Labute approximate surface area is 117 Å². The first-order chi connectivity index (χ1) is 9.24. The summed E-state index contributed by atoms with van der Waals surface area (Å²) in [5.74, 6) is 1.42. The Morgan fingerprint density at radius 1 is 1.21 bits per heavy atom. The zero-order valence-corrected chi connectivity index (χ0v) is 11.9. The summed E-state index contributed by atoms with van der Waals surface area (Å²) < 4.78 is 10.5. The van der Waals surface area contributed by atoms with Gasteiger partial charge in [0.1, 0.15) is 11.5 Å². The Balaban J connectivity index is 2.10. The lowest BCUT2D eigenvalue weighted by Gasteiger charge is -2.15. The molecule has 0 saturated heterocycles. The third kappa shape index (κ3) is 3.49. The van der Waals surface area contributed by atoms with Crippen molar-refractivity contribution in [3.63, 3.8) is 0 Å². The van der Waals surface area contributed by atoms with E-state index in [-0.39, 0.29) is 0 Å². The van der Waals surface area contributed by atoms with Gasteiger partial charge in [-0.2, -0.15) is 11.3 Å². The van der Waals surface area contributed by atoms with Crippen LogP contribution in [0, 0.1) is 0 Å². The number of thiophene rings is 1. The van der Waals surface area contributed by atoms with Crippen LogP contribution in [0.1, 0.15) is 23.7 Å². The molecule has 1 aromatic carbocycles. The molecule has 0 spiro atoms. The summed E-state index contributed by atoms with van der Waals surface area (Å²) in [7, 11) is 3.22. The molecule has 4 heteroatoms. The first-order valence-corrected chi connectivity index (χ1v) is 7.10. The first kappa shape index (κ1) is 13.9. The fourth-order valence-electron chi connectivity index (χ4n) is 1.99. The van der Waals surface area contributed by atoms with Gasteiger partial charge in [-0.25, -0.2) is 0 Å². The van der Waals surface area contributed by atoms with E-state index in [2.05, 4.69) is 11.4 Å². The van der Waals surface area contributed by atoms with E-state index in [9.17, 15) is 5.11 Å². The van der Waals surface area contributed by atoms with Crippen LogP contribution in [0.5, 0.6) is 11.5 Å². The molecule has 3 nitrogen and oxygen atoms in total. The SMILES string of the molecule is COc1ccc(OC)c(C(O)CCc2ccsc2)c1. The van der Waals surface area contributed by atoms with Gasteiger partial charge in [0.25, 0.3) is 0 Å². The highest BCUT2D eigenvalue weighted by molar-refractivity contribution is 7.07. The van der Waals surface area contributed by atoms with Crippen LogP contribution in [0.2, 0.25) is 0 Å². The lowest BCUT2D eigenvalue weighted by molar-refractivity contribution is 0.163.